The largest absolute Gasteiger partial charge is 0.459 e. The number of nitrogens with zero attached hydrogens (tertiary/aromatic N) is 1. The highest BCUT2D eigenvalue weighted by molar-refractivity contribution is 6.05. The van der Waals surface area contributed by atoms with Crippen molar-refractivity contribution in [3.05, 3.63) is 78.5 Å². The average molecular weight is 406 g/mol. The molecule has 0 saturated heterocycles. The number of hydrogen-bond acceptors (Lipinski definition) is 5. The minimum atomic E-state index is -0.754. The highest BCUT2D eigenvalue weighted by Gasteiger charge is 2.25. The maximum absolute atomic E-state index is 12.7. The van der Waals surface area contributed by atoms with E-state index in [2.05, 4.69) is 20.9 Å². The summed E-state index contributed by atoms with van der Waals surface area (Å²) in [5.74, 6) is -1.12. The number of aromatic nitrogens is 1. The number of anilines is 2. The molecule has 30 heavy (non-hydrogen) atoms. The van der Waals surface area contributed by atoms with E-state index in [1.807, 2.05) is 13.8 Å². The molecule has 0 aliphatic carbocycles. The molecule has 0 saturated carbocycles. The van der Waals surface area contributed by atoms with Crippen molar-refractivity contribution in [2.24, 2.45) is 5.92 Å². The predicted octanol–water partition coefficient (Wildman–Crippen LogP) is 3.32. The zero-order valence-electron chi connectivity index (χ0n) is 16.6. The molecule has 3 aromatic rings. The Balaban J connectivity index is 1.62. The number of rotatable bonds is 7. The van der Waals surface area contributed by atoms with Gasteiger partial charge in [0.2, 0.25) is 5.91 Å². The van der Waals surface area contributed by atoms with E-state index in [1.165, 1.54) is 12.3 Å². The van der Waals surface area contributed by atoms with Crippen LogP contribution in [-0.2, 0) is 4.79 Å². The number of nitrogens with one attached hydrogen (secondary N) is 3. The Morgan fingerprint density at radius 1 is 0.900 bits per heavy atom. The van der Waals surface area contributed by atoms with E-state index >= 15 is 0 Å². The number of carbonyl (C=O) groups excluding carboxylic acids is 3. The van der Waals surface area contributed by atoms with Crippen LogP contribution in [0.25, 0.3) is 0 Å². The van der Waals surface area contributed by atoms with Gasteiger partial charge < -0.3 is 20.4 Å². The van der Waals surface area contributed by atoms with E-state index in [-0.39, 0.29) is 23.5 Å². The third-order valence-electron chi connectivity index (χ3n) is 4.31. The molecule has 0 bridgehead atoms. The molecule has 2 aromatic heterocycles. The first-order valence-electron chi connectivity index (χ1n) is 9.40. The van der Waals surface area contributed by atoms with Gasteiger partial charge in [-0.2, -0.15) is 0 Å². The van der Waals surface area contributed by atoms with Crippen molar-refractivity contribution in [1.82, 2.24) is 10.3 Å². The van der Waals surface area contributed by atoms with Gasteiger partial charge in [0.25, 0.3) is 11.8 Å². The van der Waals surface area contributed by atoms with Gasteiger partial charge in [-0.1, -0.05) is 13.8 Å². The normalized spacial score (nSPS) is 11.6. The van der Waals surface area contributed by atoms with Crippen molar-refractivity contribution in [3.63, 3.8) is 0 Å². The maximum atomic E-state index is 12.7. The lowest BCUT2D eigenvalue weighted by atomic mass is 10.0. The molecule has 8 nitrogen and oxygen atoms in total. The number of amides is 3. The Labute approximate surface area is 173 Å². The molecule has 2 heterocycles. The van der Waals surface area contributed by atoms with Crippen LogP contribution in [0.15, 0.2) is 71.6 Å². The van der Waals surface area contributed by atoms with Crippen LogP contribution in [-0.4, -0.2) is 28.7 Å². The Hall–Kier alpha value is -3.94. The van der Waals surface area contributed by atoms with Gasteiger partial charge in [0, 0.05) is 17.4 Å². The van der Waals surface area contributed by atoms with Crippen LogP contribution in [0, 0.1) is 5.92 Å². The lowest BCUT2D eigenvalue weighted by molar-refractivity contribution is -0.118. The van der Waals surface area contributed by atoms with Crippen molar-refractivity contribution < 1.29 is 18.8 Å². The lowest BCUT2D eigenvalue weighted by Gasteiger charge is -2.21. The van der Waals surface area contributed by atoms with Crippen molar-refractivity contribution in [1.29, 1.82) is 0 Å². The summed E-state index contributed by atoms with van der Waals surface area (Å²) in [5, 5.41) is 8.19. The lowest BCUT2D eigenvalue weighted by Crippen LogP contribution is -2.47. The molecule has 8 heteroatoms. The smallest absolute Gasteiger partial charge is 0.287 e. The van der Waals surface area contributed by atoms with Crippen LogP contribution in [0.3, 0.4) is 0 Å². The fraction of sp³-hybridized carbons (Fsp3) is 0.182. The first-order valence-corrected chi connectivity index (χ1v) is 9.40. The summed E-state index contributed by atoms with van der Waals surface area (Å²) in [4.78, 5) is 41.1. The predicted molar refractivity (Wildman–Crippen MR) is 112 cm³/mol. The van der Waals surface area contributed by atoms with Gasteiger partial charge in [0.15, 0.2) is 5.76 Å². The van der Waals surface area contributed by atoms with E-state index < -0.39 is 11.9 Å². The molecular formula is C22H22N4O4. The van der Waals surface area contributed by atoms with Crippen LogP contribution in [0.1, 0.15) is 34.8 Å². The van der Waals surface area contributed by atoms with Crippen LogP contribution in [0.4, 0.5) is 11.4 Å². The number of hydrogen-bond donors (Lipinski definition) is 3. The van der Waals surface area contributed by atoms with Crippen LogP contribution < -0.4 is 16.0 Å². The van der Waals surface area contributed by atoms with Gasteiger partial charge in [0.05, 0.1) is 18.1 Å². The maximum Gasteiger partial charge on any atom is 0.287 e. The molecule has 0 fully saturated rings. The van der Waals surface area contributed by atoms with Gasteiger partial charge in [-0.25, -0.2) is 0 Å². The molecule has 0 spiro atoms. The quantitative estimate of drug-likeness (QED) is 0.557. The third kappa shape index (κ3) is 5.32. The molecule has 3 N–H and O–H groups in total. The second-order valence-corrected chi connectivity index (χ2v) is 6.93. The molecule has 0 aliphatic heterocycles. The molecular weight excluding hydrogens is 384 g/mol. The first-order chi connectivity index (χ1) is 14.4. The van der Waals surface area contributed by atoms with Gasteiger partial charge >= 0.3 is 0 Å². The topological polar surface area (TPSA) is 113 Å². The zero-order valence-corrected chi connectivity index (χ0v) is 16.6. The average Bonchev–Trinajstić information content (AvgIpc) is 3.28. The van der Waals surface area contributed by atoms with Gasteiger partial charge in [-0.15, -0.1) is 0 Å². The van der Waals surface area contributed by atoms with Crippen molar-refractivity contribution in [2.75, 3.05) is 10.6 Å². The Kier molecular flexibility index (Phi) is 6.59. The molecule has 0 radical (unpaired) electrons. The third-order valence-corrected chi connectivity index (χ3v) is 4.31. The van der Waals surface area contributed by atoms with E-state index in [1.54, 1.807) is 54.9 Å². The molecule has 0 aliphatic rings. The second kappa shape index (κ2) is 9.51. The Morgan fingerprint density at radius 2 is 1.67 bits per heavy atom. The standard InChI is InChI=1S/C22H22N4O4/c1-14(2)19(26-21(28)18-6-4-12-30-18)22(29)24-16-9-7-15(8-10-16)20(27)25-17-5-3-11-23-13-17/h3-14,19H,1-2H3,(H,24,29)(H,25,27)(H,26,28). The minimum absolute atomic E-state index is 0.137. The monoisotopic (exact) mass is 406 g/mol. The van der Waals surface area contributed by atoms with E-state index in [0.29, 0.717) is 16.9 Å². The fourth-order valence-corrected chi connectivity index (χ4v) is 2.72. The second-order valence-electron chi connectivity index (χ2n) is 6.93. The van der Waals surface area contributed by atoms with Crippen LogP contribution in [0.2, 0.25) is 0 Å². The summed E-state index contributed by atoms with van der Waals surface area (Å²) < 4.78 is 5.07. The molecule has 1 atom stereocenters. The van der Waals surface area contributed by atoms with Gasteiger partial charge in [-0.3, -0.25) is 19.4 Å². The van der Waals surface area contributed by atoms with E-state index in [4.69, 9.17) is 4.42 Å². The SMILES string of the molecule is CC(C)C(NC(=O)c1ccco1)C(=O)Nc1ccc(C(=O)Nc2cccnc2)cc1. The Morgan fingerprint density at radius 3 is 2.27 bits per heavy atom. The first kappa shape index (κ1) is 20.8. The van der Waals surface area contributed by atoms with Crippen molar-refractivity contribution in [2.45, 2.75) is 19.9 Å². The highest BCUT2D eigenvalue weighted by atomic mass is 16.3. The van der Waals surface area contributed by atoms with Crippen molar-refractivity contribution >= 4 is 29.1 Å². The van der Waals surface area contributed by atoms with Crippen LogP contribution >= 0.6 is 0 Å². The summed E-state index contributed by atoms with van der Waals surface area (Å²) in [7, 11) is 0. The van der Waals surface area contributed by atoms with Crippen molar-refractivity contribution in [3.8, 4) is 0 Å². The van der Waals surface area contributed by atoms with E-state index in [0.717, 1.165) is 0 Å². The number of furan rings is 1. The number of benzene rings is 1. The summed E-state index contributed by atoms with van der Waals surface area (Å²) >= 11 is 0. The highest BCUT2D eigenvalue weighted by Crippen LogP contribution is 2.14. The van der Waals surface area contributed by atoms with E-state index in [9.17, 15) is 14.4 Å². The molecule has 3 rings (SSSR count). The summed E-state index contributed by atoms with van der Waals surface area (Å²) in [5.41, 5.74) is 1.53. The van der Waals surface area contributed by atoms with Gasteiger partial charge in [0.1, 0.15) is 6.04 Å². The number of pyridine rings is 1. The molecule has 1 unspecified atom stereocenters. The fourth-order valence-electron chi connectivity index (χ4n) is 2.72. The summed E-state index contributed by atoms with van der Waals surface area (Å²) in [6.07, 6.45) is 4.57. The minimum Gasteiger partial charge on any atom is -0.459 e. The molecule has 1 aromatic carbocycles. The molecule has 154 valence electrons. The Bertz CT molecular complexity index is 999. The summed E-state index contributed by atoms with van der Waals surface area (Å²) in [6, 6.07) is 12.3. The van der Waals surface area contributed by atoms with Crippen LogP contribution in [0.5, 0.6) is 0 Å². The van der Waals surface area contributed by atoms with Gasteiger partial charge in [-0.05, 0) is 54.4 Å². The number of carbonyl (C=O) groups is 3. The zero-order chi connectivity index (χ0) is 21.5. The summed E-state index contributed by atoms with van der Waals surface area (Å²) in [6.45, 7) is 3.66. The molecule has 3 amide bonds.